The standard InChI is InChI=1S/C18H31N3S/c19-22-17-9-5-7-16-8-6-12-21(18(16)15-17)14-13-20-10-3-1-2-4-11-20/h7,15,17H,1-6,8-14,19H2. The van der Waals surface area contributed by atoms with Crippen molar-refractivity contribution < 1.29 is 0 Å². The monoisotopic (exact) mass is 321 g/mol. The summed E-state index contributed by atoms with van der Waals surface area (Å²) < 4.78 is 0. The summed E-state index contributed by atoms with van der Waals surface area (Å²) in [6, 6.07) is 0. The lowest BCUT2D eigenvalue weighted by molar-refractivity contribution is 0.228. The maximum Gasteiger partial charge on any atom is 0.0396 e. The van der Waals surface area contributed by atoms with Crippen LogP contribution in [0.4, 0.5) is 0 Å². The van der Waals surface area contributed by atoms with E-state index in [-0.39, 0.29) is 0 Å². The summed E-state index contributed by atoms with van der Waals surface area (Å²) in [6.07, 6.45) is 15.5. The second kappa shape index (κ2) is 8.42. The number of allylic oxidation sites excluding steroid dienone is 2. The van der Waals surface area contributed by atoms with Gasteiger partial charge < -0.3 is 9.80 Å². The average molecular weight is 322 g/mol. The summed E-state index contributed by atoms with van der Waals surface area (Å²) in [4.78, 5) is 5.31. The zero-order chi connectivity index (χ0) is 15.2. The molecule has 0 saturated carbocycles. The minimum atomic E-state index is 0.488. The Morgan fingerprint density at radius 2 is 1.86 bits per heavy atom. The number of hydrogen-bond donors (Lipinski definition) is 1. The molecule has 0 spiro atoms. The molecule has 3 aliphatic rings. The molecule has 2 aliphatic heterocycles. The molecular weight excluding hydrogens is 290 g/mol. The fourth-order valence-corrected chi connectivity index (χ4v) is 4.45. The Labute approximate surface area is 140 Å². The number of nitrogens with zero attached hydrogens (tertiary/aromatic N) is 2. The van der Waals surface area contributed by atoms with Crippen molar-refractivity contribution in [1.82, 2.24) is 9.80 Å². The second-order valence-corrected chi connectivity index (χ2v) is 7.76. The largest absolute Gasteiger partial charge is 0.370 e. The topological polar surface area (TPSA) is 32.5 Å². The highest BCUT2D eigenvalue weighted by Crippen LogP contribution is 2.32. The molecule has 0 aromatic rings. The molecule has 0 aromatic carbocycles. The Balaban J connectivity index is 1.62. The first-order valence-corrected chi connectivity index (χ1v) is 10.0. The van der Waals surface area contributed by atoms with E-state index in [2.05, 4.69) is 22.0 Å². The highest BCUT2D eigenvalue weighted by molar-refractivity contribution is 7.97. The lowest BCUT2D eigenvalue weighted by Gasteiger charge is -2.35. The fourth-order valence-electron chi connectivity index (χ4n) is 3.97. The lowest BCUT2D eigenvalue weighted by Crippen LogP contribution is -2.38. The van der Waals surface area contributed by atoms with Gasteiger partial charge in [0.05, 0.1) is 0 Å². The molecule has 2 heterocycles. The quantitative estimate of drug-likeness (QED) is 0.803. The molecule has 22 heavy (non-hydrogen) atoms. The molecule has 2 N–H and O–H groups in total. The van der Waals surface area contributed by atoms with Crippen LogP contribution in [0.5, 0.6) is 0 Å². The highest BCUT2D eigenvalue weighted by atomic mass is 32.2. The molecule has 3 rings (SSSR count). The van der Waals surface area contributed by atoms with Gasteiger partial charge in [0.15, 0.2) is 0 Å². The van der Waals surface area contributed by atoms with Gasteiger partial charge in [-0.1, -0.05) is 30.9 Å². The molecule has 2 saturated heterocycles. The summed E-state index contributed by atoms with van der Waals surface area (Å²) in [7, 11) is 0. The fraction of sp³-hybridized carbons (Fsp3) is 0.778. The van der Waals surface area contributed by atoms with Crippen LogP contribution in [-0.2, 0) is 0 Å². The number of likely N-dealkylation sites (tertiary alicyclic amines) is 2. The zero-order valence-corrected chi connectivity index (χ0v) is 14.6. The predicted octanol–water partition coefficient (Wildman–Crippen LogP) is 3.54. The van der Waals surface area contributed by atoms with Crippen molar-refractivity contribution in [2.75, 3.05) is 32.7 Å². The Hall–Kier alpha value is -0.450. The third-order valence-corrected chi connectivity index (χ3v) is 6.01. The number of piperidine rings is 1. The molecule has 0 bridgehead atoms. The van der Waals surface area contributed by atoms with Gasteiger partial charge in [-0.2, -0.15) is 0 Å². The molecule has 124 valence electrons. The third-order valence-electron chi connectivity index (χ3n) is 5.29. The number of rotatable bonds is 4. The number of nitrogens with two attached hydrogens (primary N) is 1. The van der Waals surface area contributed by atoms with Crippen molar-refractivity contribution in [3.8, 4) is 0 Å². The molecular formula is C18H31N3S. The van der Waals surface area contributed by atoms with Crippen LogP contribution < -0.4 is 5.14 Å². The highest BCUT2D eigenvalue weighted by Gasteiger charge is 2.23. The Morgan fingerprint density at radius 1 is 1.05 bits per heavy atom. The number of fused-ring (bicyclic) bond motifs is 1. The van der Waals surface area contributed by atoms with E-state index in [1.165, 1.54) is 102 Å². The molecule has 0 aromatic heterocycles. The van der Waals surface area contributed by atoms with Gasteiger partial charge in [0, 0.05) is 30.6 Å². The van der Waals surface area contributed by atoms with Crippen molar-refractivity contribution in [2.24, 2.45) is 5.14 Å². The SMILES string of the molecule is NSC1C=C2C(=CCC1)CCCN2CCN1CCCCCC1. The molecule has 0 amide bonds. The van der Waals surface area contributed by atoms with Gasteiger partial charge in [0.2, 0.25) is 0 Å². The normalized spacial score (nSPS) is 27.5. The van der Waals surface area contributed by atoms with Gasteiger partial charge >= 0.3 is 0 Å². The van der Waals surface area contributed by atoms with Crippen LogP contribution in [0.15, 0.2) is 23.4 Å². The Morgan fingerprint density at radius 3 is 2.64 bits per heavy atom. The number of hydrogen-bond acceptors (Lipinski definition) is 4. The molecule has 1 aliphatic carbocycles. The van der Waals surface area contributed by atoms with Gasteiger partial charge in [0.25, 0.3) is 0 Å². The van der Waals surface area contributed by atoms with Crippen molar-refractivity contribution in [1.29, 1.82) is 0 Å². The van der Waals surface area contributed by atoms with Gasteiger partial charge in [-0.05, 0) is 63.3 Å². The van der Waals surface area contributed by atoms with E-state index in [0.29, 0.717) is 5.25 Å². The van der Waals surface area contributed by atoms with Crippen LogP contribution in [0.25, 0.3) is 0 Å². The summed E-state index contributed by atoms with van der Waals surface area (Å²) in [5, 5.41) is 6.36. The maximum atomic E-state index is 5.87. The Bertz CT molecular complexity index is 411. The average Bonchev–Trinajstić information content (AvgIpc) is 2.93. The summed E-state index contributed by atoms with van der Waals surface area (Å²) in [6.45, 7) is 6.24. The van der Waals surface area contributed by atoms with Crippen molar-refractivity contribution in [3.05, 3.63) is 23.4 Å². The minimum absolute atomic E-state index is 0.488. The van der Waals surface area contributed by atoms with Crippen molar-refractivity contribution in [3.63, 3.8) is 0 Å². The zero-order valence-electron chi connectivity index (χ0n) is 13.8. The summed E-state index contributed by atoms with van der Waals surface area (Å²) >= 11 is 1.52. The first-order chi connectivity index (χ1) is 10.9. The van der Waals surface area contributed by atoms with E-state index in [9.17, 15) is 0 Å². The molecule has 1 atom stereocenters. The molecule has 1 unspecified atom stereocenters. The first kappa shape index (κ1) is 16.4. The van der Waals surface area contributed by atoms with E-state index in [1.54, 1.807) is 5.57 Å². The maximum absolute atomic E-state index is 5.87. The van der Waals surface area contributed by atoms with Crippen LogP contribution in [0, 0.1) is 0 Å². The Kier molecular flexibility index (Phi) is 6.28. The van der Waals surface area contributed by atoms with Gasteiger partial charge in [0.1, 0.15) is 0 Å². The van der Waals surface area contributed by atoms with Crippen LogP contribution >= 0.6 is 11.9 Å². The molecule has 2 fully saturated rings. The first-order valence-electron chi connectivity index (χ1n) is 9.11. The molecule has 3 nitrogen and oxygen atoms in total. The van der Waals surface area contributed by atoms with Crippen LogP contribution in [-0.4, -0.2) is 47.8 Å². The third kappa shape index (κ3) is 4.30. The smallest absolute Gasteiger partial charge is 0.0396 e. The second-order valence-electron chi connectivity index (χ2n) is 6.88. The van der Waals surface area contributed by atoms with Crippen molar-refractivity contribution >= 4 is 11.9 Å². The van der Waals surface area contributed by atoms with Gasteiger partial charge in [-0.3, -0.25) is 5.14 Å². The van der Waals surface area contributed by atoms with Gasteiger partial charge in [-0.25, -0.2) is 0 Å². The van der Waals surface area contributed by atoms with E-state index >= 15 is 0 Å². The van der Waals surface area contributed by atoms with E-state index < -0.39 is 0 Å². The van der Waals surface area contributed by atoms with E-state index in [1.807, 2.05) is 0 Å². The lowest BCUT2D eigenvalue weighted by atomic mass is 10.00. The van der Waals surface area contributed by atoms with E-state index in [0.717, 1.165) is 0 Å². The summed E-state index contributed by atoms with van der Waals surface area (Å²) in [5.41, 5.74) is 3.08. The molecule has 0 radical (unpaired) electrons. The van der Waals surface area contributed by atoms with Gasteiger partial charge in [-0.15, -0.1) is 0 Å². The minimum Gasteiger partial charge on any atom is -0.370 e. The van der Waals surface area contributed by atoms with E-state index in [4.69, 9.17) is 5.14 Å². The molecule has 4 heteroatoms. The van der Waals surface area contributed by atoms with Crippen molar-refractivity contribution in [2.45, 2.75) is 56.6 Å². The predicted molar refractivity (Wildman–Crippen MR) is 96.7 cm³/mol. The van der Waals surface area contributed by atoms with Crippen LogP contribution in [0.3, 0.4) is 0 Å². The van der Waals surface area contributed by atoms with Crippen LogP contribution in [0.1, 0.15) is 51.4 Å². The summed E-state index contributed by atoms with van der Waals surface area (Å²) in [5.74, 6) is 0. The van der Waals surface area contributed by atoms with Crippen LogP contribution in [0.2, 0.25) is 0 Å².